The van der Waals surface area contributed by atoms with E-state index in [0.29, 0.717) is 0 Å². The van der Waals surface area contributed by atoms with Gasteiger partial charge in [0, 0.05) is 44.3 Å². The highest BCUT2D eigenvalue weighted by Crippen LogP contribution is 1.91. The molecule has 0 bridgehead atoms. The third kappa shape index (κ3) is 6.54. The Balaban J connectivity index is 2.21. The largest absolute Gasteiger partial charge is 0.357 e. The first-order chi connectivity index (χ1) is 8.86. The Hall–Kier alpha value is -1.17. The number of thioether (sulfide) groups is 1. The van der Waals surface area contributed by atoms with Crippen molar-refractivity contribution in [2.45, 2.75) is 19.9 Å². The molecule has 102 valence electrons. The van der Waals surface area contributed by atoms with E-state index in [2.05, 4.69) is 38.4 Å². The number of guanidine groups is 1. The smallest absolute Gasteiger partial charge is 0.191 e. The Morgan fingerprint density at radius 1 is 1.44 bits per heavy atom. The Morgan fingerprint density at radius 3 is 3.00 bits per heavy atom. The van der Waals surface area contributed by atoms with Crippen LogP contribution in [0.5, 0.6) is 0 Å². The van der Waals surface area contributed by atoms with Gasteiger partial charge in [0.15, 0.2) is 5.96 Å². The van der Waals surface area contributed by atoms with Gasteiger partial charge in [-0.25, -0.2) is 4.98 Å². The lowest BCUT2D eigenvalue weighted by Crippen LogP contribution is -2.38. The van der Waals surface area contributed by atoms with Crippen LogP contribution in [-0.2, 0) is 6.54 Å². The van der Waals surface area contributed by atoms with Crippen LogP contribution in [0.15, 0.2) is 23.7 Å². The van der Waals surface area contributed by atoms with E-state index in [1.807, 2.05) is 24.3 Å². The van der Waals surface area contributed by atoms with Crippen molar-refractivity contribution in [3.8, 4) is 0 Å². The van der Waals surface area contributed by atoms with Crippen LogP contribution in [0.1, 0.15) is 13.3 Å². The van der Waals surface area contributed by atoms with Crippen LogP contribution in [0.2, 0.25) is 0 Å². The quantitative estimate of drug-likeness (QED) is 0.423. The van der Waals surface area contributed by atoms with E-state index in [0.717, 1.165) is 44.3 Å². The summed E-state index contributed by atoms with van der Waals surface area (Å²) < 4.78 is 2.07. The van der Waals surface area contributed by atoms with Gasteiger partial charge in [0.2, 0.25) is 0 Å². The molecule has 0 aliphatic heterocycles. The van der Waals surface area contributed by atoms with E-state index in [-0.39, 0.29) is 0 Å². The zero-order valence-corrected chi connectivity index (χ0v) is 12.0. The van der Waals surface area contributed by atoms with Crippen molar-refractivity contribution in [2.24, 2.45) is 4.99 Å². The number of aliphatic imine (C=N–C) groups is 1. The van der Waals surface area contributed by atoms with E-state index >= 15 is 0 Å². The molecule has 0 saturated carbocycles. The maximum atomic E-state index is 4.54. The molecule has 0 saturated heterocycles. The van der Waals surface area contributed by atoms with Gasteiger partial charge < -0.3 is 15.2 Å². The monoisotopic (exact) mass is 269 g/mol. The molecule has 6 heteroatoms. The van der Waals surface area contributed by atoms with Crippen LogP contribution in [0, 0.1) is 0 Å². The molecular weight excluding hydrogens is 246 g/mol. The number of hydrogen-bond acceptors (Lipinski definition) is 3. The third-order valence-electron chi connectivity index (χ3n) is 2.35. The second kappa shape index (κ2) is 9.82. The maximum Gasteiger partial charge on any atom is 0.191 e. The van der Waals surface area contributed by atoms with Crippen molar-refractivity contribution in [3.05, 3.63) is 18.7 Å². The molecule has 0 aromatic carbocycles. The Bertz CT molecular complexity index is 323. The summed E-state index contributed by atoms with van der Waals surface area (Å²) in [5, 5.41) is 6.56. The first kappa shape index (κ1) is 14.9. The van der Waals surface area contributed by atoms with Gasteiger partial charge >= 0.3 is 0 Å². The molecule has 0 fully saturated rings. The third-order valence-corrected chi connectivity index (χ3v) is 2.96. The molecule has 0 unspecified atom stereocenters. The summed E-state index contributed by atoms with van der Waals surface area (Å²) in [6, 6.07) is 0. The number of imidazole rings is 1. The molecule has 0 atom stereocenters. The summed E-state index contributed by atoms with van der Waals surface area (Å²) in [4.78, 5) is 8.55. The van der Waals surface area contributed by atoms with E-state index in [1.54, 1.807) is 6.20 Å². The van der Waals surface area contributed by atoms with Gasteiger partial charge in [-0.05, 0) is 19.6 Å². The summed E-state index contributed by atoms with van der Waals surface area (Å²) >= 11 is 1.83. The highest BCUT2D eigenvalue weighted by Gasteiger charge is 1.95. The van der Waals surface area contributed by atoms with Crippen LogP contribution >= 0.6 is 11.8 Å². The number of nitrogens with one attached hydrogen (secondary N) is 2. The second-order valence-electron chi connectivity index (χ2n) is 3.83. The van der Waals surface area contributed by atoms with E-state index in [9.17, 15) is 0 Å². The molecule has 2 N–H and O–H groups in total. The zero-order valence-electron chi connectivity index (χ0n) is 11.2. The molecule has 1 aromatic heterocycles. The van der Waals surface area contributed by atoms with Crippen molar-refractivity contribution in [2.75, 3.05) is 31.6 Å². The second-order valence-corrected chi connectivity index (χ2v) is 4.82. The molecule has 0 aliphatic rings. The van der Waals surface area contributed by atoms with Crippen LogP contribution in [0.25, 0.3) is 0 Å². The molecule has 1 rings (SSSR count). The van der Waals surface area contributed by atoms with E-state index in [4.69, 9.17) is 0 Å². The maximum absolute atomic E-state index is 4.54. The van der Waals surface area contributed by atoms with Crippen LogP contribution in [-0.4, -0.2) is 47.2 Å². The van der Waals surface area contributed by atoms with Crippen LogP contribution in [0.4, 0.5) is 0 Å². The van der Waals surface area contributed by atoms with E-state index < -0.39 is 0 Å². The standard InChI is InChI=1S/C12H23N5S/c1-3-14-12(16-7-10-18-2)15-5-4-8-17-9-6-13-11-17/h6,9,11H,3-5,7-8,10H2,1-2H3,(H2,14,15,16). The average molecular weight is 269 g/mol. The van der Waals surface area contributed by atoms with Gasteiger partial charge in [-0.15, -0.1) is 0 Å². The molecule has 0 spiro atoms. The normalized spacial score (nSPS) is 11.6. The van der Waals surface area contributed by atoms with Gasteiger partial charge in [0.05, 0.1) is 6.33 Å². The molecule has 0 amide bonds. The molecule has 0 aliphatic carbocycles. The van der Waals surface area contributed by atoms with Gasteiger partial charge in [-0.2, -0.15) is 11.8 Å². The molecule has 0 radical (unpaired) electrons. The highest BCUT2D eigenvalue weighted by molar-refractivity contribution is 7.98. The minimum Gasteiger partial charge on any atom is -0.357 e. The Kier molecular flexibility index (Phi) is 8.12. The van der Waals surface area contributed by atoms with Crippen molar-refractivity contribution in [1.29, 1.82) is 0 Å². The topological polar surface area (TPSA) is 54.2 Å². The Labute approximate surface area is 113 Å². The van der Waals surface area contributed by atoms with Crippen molar-refractivity contribution in [1.82, 2.24) is 20.2 Å². The van der Waals surface area contributed by atoms with Gasteiger partial charge in [-0.3, -0.25) is 4.99 Å². The van der Waals surface area contributed by atoms with Crippen molar-refractivity contribution in [3.63, 3.8) is 0 Å². The average Bonchev–Trinajstić information content (AvgIpc) is 2.88. The SMILES string of the molecule is CCNC(=NCCCn1ccnc1)NCCSC. The molecule has 5 nitrogen and oxygen atoms in total. The highest BCUT2D eigenvalue weighted by atomic mass is 32.2. The lowest BCUT2D eigenvalue weighted by Gasteiger charge is -2.10. The van der Waals surface area contributed by atoms with Crippen molar-refractivity contribution >= 4 is 17.7 Å². The van der Waals surface area contributed by atoms with E-state index in [1.165, 1.54) is 0 Å². The minimum atomic E-state index is 0.826. The van der Waals surface area contributed by atoms with Gasteiger partial charge in [-0.1, -0.05) is 0 Å². The Morgan fingerprint density at radius 2 is 2.33 bits per heavy atom. The predicted molar refractivity (Wildman–Crippen MR) is 79.2 cm³/mol. The fourth-order valence-corrected chi connectivity index (χ4v) is 1.78. The van der Waals surface area contributed by atoms with Crippen LogP contribution < -0.4 is 10.6 Å². The molecular formula is C12H23N5S. The predicted octanol–water partition coefficient (Wildman–Crippen LogP) is 1.19. The lowest BCUT2D eigenvalue weighted by atomic mass is 10.4. The number of hydrogen-bond donors (Lipinski definition) is 2. The van der Waals surface area contributed by atoms with Gasteiger partial charge in [0.1, 0.15) is 0 Å². The lowest BCUT2D eigenvalue weighted by molar-refractivity contribution is 0.647. The number of rotatable bonds is 8. The summed E-state index contributed by atoms with van der Waals surface area (Å²) in [5.41, 5.74) is 0. The minimum absolute atomic E-state index is 0.826. The summed E-state index contributed by atoms with van der Waals surface area (Å²) in [6.45, 7) is 5.72. The summed E-state index contributed by atoms with van der Waals surface area (Å²) in [7, 11) is 0. The molecule has 1 heterocycles. The summed E-state index contributed by atoms with van der Waals surface area (Å²) in [5.74, 6) is 2.01. The number of aromatic nitrogens is 2. The van der Waals surface area contributed by atoms with Crippen molar-refractivity contribution < 1.29 is 0 Å². The fourth-order valence-electron chi connectivity index (χ4n) is 1.48. The first-order valence-electron chi connectivity index (χ1n) is 6.33. The van der Waals surface area contributed by atoms with Gasteiger partial charge in [0.25, 0.3) is 0 Å². The number of nitrogens with zero attached hydrogens (tertiary/aromatic N) is 3. The number of aryl methyl sites for hydroxylation is 1. The molecule has 18 heavy (non-hydrogen) atoms. The molecule has 1 aromatic rings. The zero-order chi connectivity index (χ0) is 13.1. The summed E-state index contributed by atoms with van der Waals surface area (Å²) in [6.07, 6.45) is 8.75. The first-order valence-corrected chi connectivity index (χ1v) is 7.73. The fraction of sp³-hybridized carbons (Fsp3) is 0.667. The van der Waals surface area contributed by atoms with Crippen LogP contribution in [0.3, 0.4) is 0 Å².